The van der Waals surface area contributed by atoms with E-state index >= 15 is 0 Å². The van der Waals surface area contributed by atoms with Gasteiger partial charge < -0.3 is 9.15 Å². The lowest BCUT2D eigenvalue weighted by molar-refractivity contribution is 0.0518. The Bertz CT molecular complexity index is 308. The van der Waals surface area contributed by atoms with Crippen LogP contribution in [0, 0.1) is 6.92 Å². The van der Waals surface area contributed by atoms with E-state index in [1.807, 2.05) is 0 Å². The summed E-state index contributed by atoms with van der Waals surface area (Å²) in [4.78, 5) is 15.2. The highest BCUT2D eigenvalue weighted by Gasteiger charge is 2.18. The summed E-state index contributed by atoms with van der Waals surface area (Å²) in [7, 11) is 0. The van der Waals surface area contributed by atoms with Crippen molar-refractivity contribution in [2.24, 2.45) is 0 Å². The Morgan fingerprint density at radius 1 is 1.69 bits per heavy atom. The summed E-state index contributed by atoms with van der Waals surface area (Å²) in [5.41, 5.74) is 0.231. The van der Waals surface area contributed by atoms with Crippen LogP contribution in [0.4, 0.5) is 0 Å². The number of hydrogen-bond acceptors (Lipinski definition) is 5. The standard InChI is InChI=1S/C8H11NO3S/c1-3-11-8(10)7-6(4-13)12-5(2)9-7/h13H,3-4H2,1-2H3. The van der Waals surface area contributed by atoms with Crippen LogP contribution >= 0.6 is 12.6 Å². The maximum absolute atomic E-state index is 11.3. The van der Waals surface area contributed by atoms with E-state index in [1.54, 1.807) is 13.8 Å². The quantitative estimate of drug-likeness (QED) is 0.596. The first-order valence-electron chi connectivity index (χ1n) is 3.93. The Labute approximate surface area is 81.7 Å². The third-order valence-corrected chi connectivity index (χ3v) is 1.70. The van der Waals surface area contributed by atoms with Crippen molar-refractivity contribution in [3.05, 3.63) is 17.3 Å². The molecule has 0 fully saturated rings. The monoisotopic (exact) mass is 201 g/mol. The minimum Gasteiger partial charge on any atom is -0.461 e. The number of aromatic nitrogens is 1. The SMILES string of the molecule is CCOC(=O)c1nc(C)oc1CS. The summed E-state index contributed by atoms with van der Waals surface area (Å²) in [6.45, 7) is 3.75. The van der Waals surface area contributed by atoms with E-state index in [9.17, 15) is 4.79 Å². The molecule has 1 rings (SSSR count). The highest BCUT2D eigenvalue weighted by atomic mass is 32.1. The van der Waals surface area contributed by atoms with Crippen LogP contribution in [-0.2, 0) is 10.5 Å². The highest BCUT2D eigenvalue weighted by Crippen LogP contribution is 2.13. The third kappa shape index (κ3) is 2.24. The van der Waals surface area contributed by atoms with E-state index in [4.69, 9.17) is 9.15 Å². The van der Waals surface area contributed by atoms with Crippen LogP contribution in [0.1, 0.15) is 29.1 Å². The van der Waals surface area contributed by atoms with Crippen LogP contribution in [-0.4, -0.2) is 17.6 Å². The first-order valence-corrected chi connectivity index (χ1v) is 4.56. The smallest absolute Gasteiger partial charge is 0.360 e. The van der Waals surface area contributed by atoms with Crippen molar-refractivity contribution < 1.29 is 13.9 Å². The van der Waals surface area contributed by atoms with Gasteiger partial charge in [-0.15, -0.1) is 0 Å². The van der Waals surface area contributed by atoms with Gasteiger partial charge in [0.25, 0.3) is 0 Å². The number of hydrogen-bond donors (Lipinski definition) is 1. The van der Waals surface area contributed by atoms with Gasteiger partial charge in [-0.2, -0.15) is 12.6 Å². The predicted octanol–water partition coefficient (Wildman–Crippen LogP) is 1.59. The lowest BCUT2D eigenvalue weighted by Crippen LogP contribution is -2.07. The topological polar surface area (TPSA) is 52.3 Å². The number of nitrogens with zero attached hydrogens (tertiary/aromatic N) is 1. The van der Waals surface area contributed by atoms with Crippen LogP contribution in [0.3, 0.4) is 0 Å². The molecule has 5 heteroatoms. The van der Waals surface area contributed by atoms with E-state index in [2.05, 4.69) is 17.6 Å². The Hall–Kier alpha value is -0.970. The molecule has 1 heterocycles. The molecule has 0 aliphatic heterocycles. The summed E-state index contributed by atoms with van der Waals surface area (Å²) in [6.07, 6.45) is 0. The number of carbonyl (C=O) groups excluding carboxylic acids is 1. The molecule has 4 nitrogen and oxygen atoms in total. The Balaban J connectivity index is 2.91. The van der Waals surface area contributed by atoms with Gasteiger partial charge in [-0.25, -0.2) is 9.78 Å². The molecule has 0 unspecified atom stereocenters. The van der Waals surface area contributed by atoms with Gasteiger partial charge in [-0.3, -0.25) is 0 Å². The number of oxazole rings is 1. The molecule has 0 bridgehead atoms. The lowest BCUT2D eigenvalue weighted by Gasteiger charge is -1.97. The minimum absolute atomic E-state index is 0.231. The number of aryl methyl sites for hydroxylation is 1. The molecular formula is C8H11NO3S. The van der Waals surface area contributed by atoms with Gasteiger partial charge in [0.15, 0.2) is 11.6 Å². The average molecular weight is 201 g/mol. The van der Waals surface area contributed by atoms with Crippen LogP contribution < -0.4 is 0 Å². The van der Waals surface area contributed by atoms with Gasteiger partial charge in [0.05, 0.1) is 12.4 Å². The summed E-state index contributed by atoms with van der Waals surface area (Å²) < 4.78 is 9.93. The van der Waals surface area contributed by atoms with Crippen molar-refractivity contribution in [3.8, 4) is 0 Å². The second kappa shape index (κ2) is 4.32. The molecule has 0 N–H and O–H groups in total. The van der Waals surface area contributed by atoms with Crippen LogP contribution in [0.25, 0.3) is 0 Å². The molecule has 0 amide bonds. The summed E-state index contributed by atoms with van der Waals surface area (Å²) in [5, 5.41) is 0. The molecule has 0 aliphatic rings. The van der Waals surface area contributed by atoms with Gasteiger partial charge in [0, 0.05) is 6.92 Å². The van der Waals surface area contributed by atoms with Crippen molar-refractivity contribution in [1.29, 1.82) is 0 Å². The number of carbonyl (C=O) groups is 1. The van der Waals surface area contributed by atoms with E-state index < -0.39 is 5.97 Å². The Morgan fingerprint density at radius 3 is 2.92 bits per heavy atom. The van der Waals surface area contributed by atoms with Crippen molar-refractivity contribution in [2.45, 2.75) is 19.6 Å². The molecule has 0 atom stereocenters. The summed E-state index contributed by atoms with van der Waals surface area (Å²) in [6, 6.07) is 0. The van der Waals surface area contributed by atoms with Crippen molar-refractivity contribution in [3.63, 3.8) is 0 Å². The predicted molar refractivity (Wildman–Crippen MR) is 49.9 cm³/mol. The molecule has 1 aromatic heterocycles. The molecule has 72 valence electrons. The Morgan fingerprint density at radius 2 is 2.38 bits per heavy atom. The zero-order chi connectivity index (χ0) is 9.84. The van der Waals surface area contributed by atoms with E-state index in [0.717, 1.165) is 0 Å². The molecule has 13 heavy (non-hydrogen) atoms. The number of ether oxygens (including phenoxy) is 1. The van der Waals surface area contributed by atoms with Gasteiger partial charge in [0.1, 0.15) is 5.76 Å². The van der Waals surface area contributed by atoms with Gasteiger partial charge in [-0.1, -0.05) is 0 Å². The molecule has 0 aromatic carbocycles. The number of thiol groups is 1. The van der Waals surface area contributed by atoms with Gasteiger partial charge >= 0.3 is 5.97 Å². The van der Waals surface area contributed by atoms with Gasteiger partial charge in [0.2, 0.25) is 0 Å². The maximum Gasteiger partial charge on any atom is 0.360 e. The zero-order valence-electron chi connectivity index (χ0n) is 7.53. The van der Waals surface area contributed by atoms with Crippen LogP contribution in [0.15, 0.2) is 4.42 Å². The zero-order valence-corrected chi connectivity index (χ0v) is 8.43. The fourth-order valence-corrected chi connectivity index (χ4v) is 1.15. The first kappa shape index (κ1) is 10.1. The van der Waals surface area contributed by atoms with Crippen LogP contribution in [0.5, 0.6) is 0 Å². The summed E-state index contributed by atoms with van der Waals surface area (Å²) >= 11 is 4.01. The largest absolute Gasteiger partial charge is 0.461 e. The number of rotatable bonds is 3. The van der Waals surface area contributed by atoms with Crippen molar-refractivity contribution in [1.82, 2.24) is 4.98 Å². The lowest BCUT2D eigenvalue weighted by atomic mass is 10.4. The normalized spacial score (nSPS) is 10.1. The fraction of sp³-hybridized carbons (Fsp3) is 0.500. The van der Waals surface area contributed by atoms with Crippen molar-refractivity contribution in [2.75, 3.05) is 6.61 Å². The molecule has 0 saturated carbocycles. The maximum atomic E-state index is 11.3. The van der Waals surface area contributed by atoms with Gasteiger partial charge in [-0.05, 0) is 6.92 Å². The van der Waals surface area contributed by atoms with E-state index in [-0.39, 0.29) is 5.69 Å². The van der Waals surface area contributed by atoms with Crippen molar-refractivity contribution >= 4 is 18.6 Å². The second-order valence-corrected chi connectivity index (χ2v) is 2.70. The average Bonchev–Trinajstić information content (AvgIpc) is 2.47. The van der Waals surface area contributed by atoms with E-state index in [1.165, 1.54) is 0 Å². The van der Waals surface area contributed by atoms with Crippen LogP contribution in [0.2, 0.25) is 0 Å². The first-order chi connectivity index (χ1) is 6.19. The number of esters is 1. The molecular weight excluding hydrogens is 190 g/mol. The Kier molecular flexibility index (Phi) is 3.36. The fourth-order valence-electron chi connectivity index (χ4n) is 0.935. The molecule has 0 radical (unpaired) electrons. The van der Waals surface area contributed by atoms with E-state index in [0.29, 0.717) is 24.0 Å². The summed E-state index contributed by atoms with van der Waals surface area (Å²) in [5.74, 6) is 0.796. The third-order valence-electron chi connectivity index (χ3n) is 1.42. The second-order valence-electron chi connectivity index (χ2n) is 2.38. The molecule has 0 spiro atoms. The molecule has 0 aliphatic carbocycles. The minimum atomic E-state index is -0.455. The highest BCUT2D eigenvalue weighted by molar-refractivity contribution is 7.79. The molecule has 1 aromatic rings. The molecule has 0 saturated heterocycles.